The standard InChI is InChI=1S/C10H19N3S/c1-4-7(2)12-5-9-6-14-10(13-9)8(3)11/h6-8,12H,4-5,11H2,1-3H3. The molecule has 1 aromatic rings. The van der Waals surface area contributed by atoms with Crippen LogP contribution in [0.1, 0.15) is 43.9 Å². The molecular weight excluding hydrogens is 194 g/mol. The quantitative estimate of drug-likeness (QED) is 0.787. The van der Waals surface area contributed by atoms with Gasteiger partial charge in [-0.05, 0) is 20.3 Å². The van der Waals surface area contributed by atoms with E-state index in [0.29, 0.717) is 6.04 Å². The summed E-state index contributed by atoms with van der Waals surface area (Å²) in [6.07, 6.45) is 1.14. The highest BCUT2D eigenvalue weighted by Crippen LogP contribution is 2.15. The third-order valence-corrected chi connectivity index (χ3v) is 3.30. The Balaban J connectivity index is 2.44. The van der Waals surface area contributed by atoms with Gasteiger partial charge in [0, 0.05) is 18.0 Å². The maximum atomic E-state index is 5.74. The third-order valence-electron chi connectivity index (χ3n) is 2.20. The van der Waals surface area contributed by atoms with E-state index < -0.39 is 0 Å². The lowest BCUT2D eigenvalue weighted by Crippen LogP contribution is -2.24. The summed E-state index contributed by atoms with van der Waals surface area (Å²) in [6, 6.07) is 0.604. The molecule has 0 aliphatic rings. The minimum atomic E-state index is 0.0531. The van der Waals surface area contributed by atoms with Gasteiger partial charge in [-0.3, -0.25) is 0 Å². The van der Waals surface area contributed by atoms with Crippen LogP contribution in [-0.4, -0.2) is 11.0 Å². The minimum absolute atomic E-state index is 0.0531. The Kier molecular flexibility index (Phi) is 4.51. The van der Waals surface area contributed by atoms with Crippen molar-refractivity contribution in [2.75, 3.05) is 0 Å². The Labute approximate surface area is 89.7 Å². The van der Waals surface area contributed by atoms with Crippen LogP contribution in [0.15, 0.2) is 5.38 Å². The van der Waals surface area contributed by atoms with Crippen molar-refractivity contribution in [1.29, 1.82) is 0 Å². The molecule has 3 nitrogen and oxygen atoms in total. The van der Waals surface area contributed by atoms with Gasteiger partial charge in [-0.15, -0.1) is 11.3 Å². The molecule has 1 rings (SSSR count). The van der Waals surface area contributed by atoms with Crippen molar-refractivity contribution in [3.8, 4) is 0 Å². The second-order valence-corrected chi connectivity index (χ2v) is 4.55. The Bertz CT molecular complexity index is 270. The Morgan fingerprint density at radius 3 is 2.79 bits per heavy atom. The number of hydrogen-bond acceptors (Lipinski definition) is 4. The Morgan fingerprint density at radius 1 is 1.57 bits per heavy atom. The lowest BCUT2D eigenvalue weighted by atomic mass is 10.2. The fraction of sp³-hybridized carbons (Fsp3) is 0.700. The van der Waals surface area contributed by atoms with Gasteiger partial charge in [-0.2, -0.15) is 0 Å². The van der Waals surface area contributed by atoms with E-state index in [4.69, 9.17) is 5.73 Å². The molecule has 1 heterocycles. The van der Waals surface area contributed by atoms with E-state index >= 15 is 0 Å². The summed E-state index contributed by atoms with van der Waals surface area (Å²) in [5.41, 5.74) is 6.84. The second kappa shape index (κ2) is 5.44. The van der Waals surface area contributed by atoms with Crippen molar-refractivity contribution in [3.05, 3.63) is 16.1 Å². The maximum Gasteiger partial charge on any atom is 0.109 e. The number of hydrogen-bond donors (Lipinski definition) is 2. The molecule has 0 spiro atoms. The van der Waals surface area contributed by atoms with Crippen LogP contribution in [0.5, 0.6) is 0 Å². The van der Waals surface area contributed by atoms with Crippen LogP contribution in [0, 0.1) is 0 Å². The molecule has 3 N–H and O–H groups in total. The molecule has 1 aromatic heterocycles. The average molecular weight is 213 g/mol. The molecule has 2 atom stereocenters. The van der Waals surface area contributed by atoms with Crippen molar-refractivity contribution in [2.45, 2.75) is 45.8 Å². The average Bonchev–Trinajstić information content (AvgIpc) is 2.62. The molecule has 14 heavy (non-hydrogen) atoms. The first kappa shape index (κ1) is 11.6. The Hall–Kier alpha value is -0.450. The number of nitrogens with one attached hydrogen (secondary N) is 1. The van der Waals surface area contributed by atoms with E-state index in [1.165, 1.54) is 0 Å². The zero-order valence-electron chi connectivity index (χ0n) is 9.08. The van der Waals surface area contributed by atoms with Crippen molar-refractivity contribution >= 4 is 11.3 Å². The molecule has 2 unspecified atom stereocenters. The van der Waals surface area contributed by atoms with Gasteiger partial charge in [0.1, 0.15) is 5.01 Å². The van der Waals surface area contributed by atoms with Crippen LogP contribution in [0.4, 0.5) is 0 Å². The van der Waals surface area contributed by atoms with Crippen molar-refractivity contribution in [3.63, 3.8) is 0 Å². The van der Waals surface area contributed by atoms with Gasteiger partial charge in [0.05, 0.1) is 11.7 Å². The van der Waals surface area contributed by atoms with Crippen molar-refractivity contribution in [2.24, 2.45) is 5.73 Å². The van der Waals surface area contributed by atoms with Gasteiger partial charge >= 0.3 is 0 Å². The van der Waals surface area contributed by atoms with Gasteiger partial charge in [0.15, 0.2) is 0 Å². The monoisotopic (exact) mass is 213 g/mol. The lowest BCUT2D eigenvalue weighted by Gasteiger charge is -2.08. The van der Waals surface area contributed by atoms with Crippen LogP contribution in [0.3, 0.4) is 0 Å². The minimum Gasteiger partial charge on any atom is -0.322 e. The van der Waals surface area contributed by atoms with Crippen LogP contribution < -0.4 is 11.1 Å². The van der Waals surface area contributed by atoms with E-state index in [1.807, 2.05) is 6.92 Å². The molecule has 4 heteroatoms. The molecule has 0 saturated heterocycles. The normalized spacial score (nSPS) is 15.4. The topological polar surface area (TPSA) is 50.9 Å². The number of aromatic nitrogens is 1. The lowest BCUT2D eigenvalue weighted by molar-refractivity contribution is 0.529. The molecule has 80 valence electrons. The van der Waals surface area contributed by atoms with Gasteiger partial charge in [0.25, 0.3) is 0 Å². The highest BCUT2D eigenvalue weighted by molar-refractivity contribution is 7.09. The summed E-state index contributed by atoms with van der Waals surface area (Å²) in [6.45, 7) is 7.16. The third kappa shape index (κ3) is 3.36. The molecule has 0 fully saturated rings. The zero-order chi connectivity index (χ0) is 10.6. The van der Waals surface area contributed by atoms with Gasteiger partial charge < -0.3 is 11.1 Å². The number of nitrogens with two attached hydrogens (primary N) is 1. The number of rotatable bonds is 5. The molecule has 0 radical (unpaired) electrons. The summed E-state index contributed by atoms with van der Waals surface area (Å²) in [4.78, 5) is 4.45. The molecule has 0 bridgehead atoms. The van der Waals surface area contributed by atoms with Gasteiger partial charge in [0.2, 0.25) is 0 Å². The summed E-state index contributed by atoms with van der Waals surface area (Å²) in [5, 5.41) is 6.50. The maximum absolute atomic E-state index is 5.74. The summed E-state index contributed by atoms with van der Waals surface area (Å²) >= 11 is 1.64. The SMILES string of the molecule is CCC(C)NCc1csc(C(C)N)n1. The highest BCUT2D eigenvalue weighted by atomic mass is 32.1. The zero-order valence-corrected chi connectivity index (χ0v) is 9.90. The largest absolute Gasteiger partial charge is 0.322 e. The fourth-order valence-corrected chi connectivity index (χ4v) is 1.81. The molecule has 0 aliphatic carbocycles. The van der Waals surface area contributed by atoms with E-state index in [0.717, 1.165) is 23.7 Å². The predicted octanol–water partition coefficient (Wildman–Crippen LogP) is 2.05. The fourth-order valence-electron chi connectivity index (χ4n) is 1.04. The number of nitrogens with zero attached hydrogens (tertiary/aromatic N) is 1. The predicted molar refractivity (Wildman–Crippen MR) is 61.3 cm³/mol. The summed E-state index contributed by atoms with van der Waals surface area (Å²) in [7, 11) is 0. The molecule has 0 aliphatic heterocycles. The van der Waals surface area contributed by atoms with Crippen LogP contribution in [0.2, 0.25) is 0 Å². The van der Waals surface area contributed by atoms with Crippen molar-refractivity contribution in [1.82, 2.24) is 10.3 Å². The smallest absolute Gasteiger partial charge is 0.109 e. The van der Waals surface area contributed by atoms with Crippen LogP contribution in [-0.2, 0) is 6.54 Å². The first-order valence-electron chi connectivity index (χ1n) is 5.06. The van der Waals surface area contributed by atoms with E-state index in [2.05, 4.69) is 29.5 Å². The van der Waals surface area contributed by atoms with Gasteiger partial charge in [-0.25, -0.2) is 4.98 Å². The first-order chi connectivity index (χ1) is 6.63. The van der Waals surface area contributed by atoms with Crippen molar-refractivity contribution < 1.29 is 0 Å². The second-order valence-electron chi connectivity index (χ2n) is 3.66. The first-order valence-corrected chi connectivity index (χ1v) is 5.94. The van der Waals surface area contributed by atoms with E-state index in [9.17, 15) is 0 Å². The molecule has 0 amide bonds. The molecular formula is C10H19N3S. The van der Waals surface area contributed by atoms with Crippen LogP contribution >= 0.6 is 11.3 Å². The summed E-state index contributed by atoms with van der Waals surface area (Å²) < 4.78 is 0. The van der Waals surface area contributed by atoms with E-state index in [-0.39, 0.29) is 6.04 Å². The molecule has 0 aromatic carbocycles. The highest BCUT2D eigenvalue weighted by Gasteiger charge is 2.06. The van der Waals surface area contributed by atoms with Crippen LogP contribution in [0.25, 0.3) is 0 Å². The Morgan fingerprint density at radius 2 is 2.29 bits per heavy atom. The molecule has 0 saturated carbocycles. The summed E-state index contributed by atoms with van der Waals surface area (Å²) in [5.74, 6) is 0. The van der Waals surface area contributed by atoms with E-state index in [1.54, 1.807) is 11.3 Å². The number of thiazole rings is 1. The van der Waals surface area contributed by atoms with Gasteiger partial charge in [-0.1, -0.05) is 6.92 Å².